The predicted molar refractivity (Wildman–Crippen MR) is 88.8 cm³/mol. The van der Waals surface area contributed by atoms with Crippen molar-refractivity contribution in [1.29, 1.82) is 0 Å². The Kier molecular flexibility index (Phi) is 3.91. The highest BCUT2D eigenvalue weighted by atomic mass is 19.2. The number of quaternary nitrogens is 1. The minimum atomic E-state index is -1.78. The van der Waals surface area contributed by atoms with E-state index in [0.29, 0.717) is 23.5 Å². The van der Waals surface area contributed by atoms with E-state index in [1.165, 1.54) is 12.1 Å². The number of amides is 1. The average molecular weight is 335 g/mol. The Morgan fingerprint density at radius 2 is 2.21 bits per heavy atom. The first kappa shape index (κ1) is 16.6. The molecule has 7 heteroatoms. The van der Waals surface area contributed by atoms with Crippen LogP contribution in [0, 0.1) is 0 Å². The van der Waals surface area contributed by atoms with Crippen molar-refractivity contribution in [1.82, 2.24) is 0 Å². The van der Waals surface area contributed by atoms with Crippen molar-refractivity contribution in [2.75, 3.05) is 25.6 Å². The summed E-state index contributed by atoms with van der Waals surface area (Å²) in [7, 11) is 3.11. The molecule has 24 heavy (non-hydrogen) atoms. The number of primary amides is 1. The van der Waals surface area contributed by atoms with Crippen LogP contribution in [0.2, 0.25) is 0 Å². The minimum absolute atomic E-state index is 0.551. The largest absolute Gasteiger partial charge is 0.367 e. The standard InChI is InChI=1S/C17H20F2N4O/c1-10(15(18)17(20)24)11-6-7-12-14(9-11)22(2)23(3,19)16(12)13-5-4-8-21-13/h4-7,9-10,15-16H,8H2,1-3H3,(H-,20,24)/p+1/t10?,15?,16?,23-/m0/s1. The first-order valence-electron chi connectivity index (χ1n) is 7.83. The van der Waals surface area contributed by atoms with Gasteiger partial charge in [0.1, 0.15) is 18.4 Å². The molecule has 0 bridgehead atoms. The van der Waals surface area contributed by atoms with Crippen LogP contribution in [0.25, 0.3) is 0 Å². The molecule has 2 aliphatic heterocycles. The summed E-state index contributed by atoms with van der Waals surface area (Å²) in [5, 5.41) is 1.49. The number of benzene rings is 1. The number of aliphatic imine (C=N–C) groups is 1. The van der Waals surface area contributed by atoms with E-state index in [2.05, 4.69) is 4.99 Å². The minimum Gasteiger partial charge on any atom is -0.367 e. The van der Waals surface area contributed by atoms with Crippen molar-refractivity contribution in [2.24, 2.45) is 10.7 Å². The third kappa shape index (κ3) is 2.39. The molecule has 2 aliphatic rings. The van der Waals surface area contributed by atoms with E-state index in [-0.39, 0.29) is 0 Å². The van der Waals surface area contributed by atoms with Gasteiger partial charge < -0.3 is 5.73 Å². The van der Waals surface area contributed by atoms with Crippen molar-refractivity contribution in [2.45, 2.75) is 25.1 Å². The third-order valence-electron chi connectivity index (χ3n) is 4.94. The van der Waals surface area contributed by atoms with Crippen LogP contribution < -0.4 is 10.7 Å². The van der Waals surface area contributed by atoms with Gasteiger partial charge in [-0.2, -0.15) is 5.01 Å². The van der Waals surface area contributed by atoms with Crippen LogP contribution in [0.15, 0.2) is 35.3 Å². The number of carbonyl (C=O) groups is 1. The lowest BCUT2D eigenvalue weighted by molar-refractivity contribution is -1.06. The molecule has 1 amide bonds. The van der Waals surface area contributed by atoms with Gasteiger partial charge in [-0.25, -0.2) is 4.39 Å². The van der Waals surface area contributed by atoms with Crippen LogP contribution in [-0.2, 0) is 4.79 Å². The van der Waals surface area contributed by atoms with E-state index in [0.717, 1.165) is 5.56 Å². The summed E-state index contributed by atoms with van der Waals surface area (Å²) in [4.78, 5) is 14.6. The maximum absolute atomic E-state index is 15.3. The molecule has 0 aliphatic carbocycles. The molecule has 0 aromatic heterocycles. The molecule has 2 N–H and O–H groups in total. The Hall–Kier alpha value is -2.28. The number of halogens is 2. The summed E-state index contributed by atoms with van der Waals surface area (Å²) in [6.07, 6.45) is 1.95. The molecule has 5 nitrogen and oxygen atoms in total. The molecule has 0 saturated carbocycles. The molecule has 3 rings (SSSR count). The number of anilines is 1. The quantitative estimate of drug-likeness (QED) is 0.859. The number of alkyl halides is 1. The van der Waals surface area contributed by atoms with E-state index < -0.39 is 28.9 Å². The first-order valence-corrected chi connectivity index (χ1v) is 7.83. The van der Waals surface area contributed by atoms with Crippen molar-refractivity contribution in [3.05, 3.63) is 41.5 Å². The lowest BCUT2D eigenvalue weighted by Crippen LogP contribution is -2.48. The molecule has 1 aromatic rings. The molecule has 3 unspecified atom stereocenters. The molecule has 2 heterocycles. The highest BCUT2D eigenvalue weighted by Gasteiger charge is 2.52. The second kappa shape index (κ2) is 5.66. The van der Waals surface area contributed by atoms with Gasteiger partial charge in [0.15, 0.2) is 6.17 Å². The number of hydrogen-bond acceptors (Lipinski definition) is 3. The van der Waals surface area contributed by atoms with Gasteiger partial charge in [-0.3, -0.25) is 9.79 Å². The van der Waals surface area contributed by atoms with Crippen LogP contribution in [0.5, 0.6) is 0 Å². The summed E-state index contributed by atoms with van der Waals surface area (Å²) in [6, 6.07) is 4.69. The van der Waals surface area contributed by atoms with Gasteiger partial charge in [-0.1, -0.05) is 19.1 Å². The van der Waals surface area contributed by atoms with Crippen LogP contribution >= 0.6 is 0 Å². The second-order valence-electron chi connectivity index (χ2n) is 6.42. The van der Waals surface area contributed by atoms with E-state index >= 15 is 4.48 Å². The van der Waals surface area contributed by atoms with Crippen molar-refractivity contribution >= 4 is 17.3 Å². The maximum Gasteiger partial charge on any atom is 0.252 e. The highest BCUT2D eigenvalue weighted by Crippen LogP contribution is 2.46. The molecule has 0 saturated heterocycles. The molecular formula is C17H21F2N4O+. The number of nitrogens with two attached hydrogens (primary N) is 1. The van der Waals surface area contributed by atoms with E-state index in [1.54, 1.807) is 32.2 Å². The van der Waals surface area contributed by atoms with Gasteiger partial charge in [0, 0.05) is 10.4 Å². The lowest BCUT2D eigenvalue weighted by atomic mass is 9.92. The van der Waals surface area contributed by atoms with Gasteiger partial charge >= 0.3 is 0 Å². The summed E-state index contributed by atoms with van der Waals surface area (Å²) < 4.78 is 29.3. The normalized spacial score (nSPS) is 27.8. The summed E-state index contributed by atoms with van der Waals surface area (Å²) in [5.74, 6) is -1.69. The van der Waals surface area contributed by atoms with Gasteiger partial charge in [-0.15, -0.1) is 0 Å². The molecule has 0 fully saturated rings. The van der Waals surface area contributed by atoms with E-state index in [9.17, 15) is 9.18 Å². The van der Waals surface area contributed by atoms with Crippen LogP contribution in [0.3, 0.4) is 0 Å². The van der Waals surface area contributed by atoms with Crippen molar-refractivity contribution in [3.8, 4) is 0 Å². The Labute approximate surface area is 139 Å². The molecule has 4 atom stereocenters. The Balaban J connectivity index is 2.03. The van der Waals surface area contributed by atoms with Crippen molar-refractivity contribution < 1.29 is 18.5 Å². The van der Waals surface area contributed by atoms with Crippen LogP contribution in [0.4, 0.5) is 14.6 Å². The SMILES string of the molecule is CC(c1ccc2c(c1)N(C)[N@+](C)(F)C2C1=NCC=C1)C(F)C(N)=O. The van der Waals surface area contributed by atoms with Gasteiger partial charge in [0.25, 0.3) is 5.91 Å². The number of rotatable bonds is 4. The molecule has 128 valence electrons. The number of fused-ring (bicyclic) bond motifs is 1. The average Bonchev–Trinajstić information content (AvgIpc) is 3.12. The first-order chi connectivity index (χ1) is 11.2. The Bertz CT molecular complexity index is 744. The van der Waals surface area contributed by atoms with E-state index in [4.69, 9.17) is 5.73 Å². The molecule has 0 spiro atoms. The highest BCUT2D eigenvalue weighted by molar-refractivity contribution is 6.02. The zero-order valence-corrected chi connectivity index (χ0v) is 13.9. The van der Waals surface area contributed by atoms with E-state index in [1.807, 2.05) is 12.2 Å². The van der Waals surface area contributed by atoms with Gasteiger partial charge in [0.2, 0.25) is 6.04 Å². The number of hydrogen-bond donors (Lipinski definition) is 1. The predicted octanol–water partition coefficient (Wildman–Crippen LogP) is 2.36. The maximum atomic E-state index is 15.3. The summed E-state index contributed by atoms with van der Waals surface area (Å²) in [5.41, 5.74) is 7.80. The molecular weight excluding hydrogens is 314 g/mol. The smallest absolute Gasteiger partial charge is 0.252 e. The Morgan fingerprint density at radius 1 is 1.50 bits per heavy atom. The lowest BCUT2D eigenvalue weighted by Gasteiger charge is -2.28. The zero-order valence-electron chi connectivity index (χ0n) is 13.9. The van der Waals surface area contributed by atoms with Gasteiger partial charge in [0.05, 0.1) is 19.2 Å². The zero-order chi connectivity index (χ0) is 17.6. The van der Waals surface area contributed by atoms with Crippen molar-refractivity contribution in [3.63, 3.8) is 0 Å². The fraction of sp³-hybridized carbons (Fsp3) is 0.412. The second-order valence-corrected chi connectivity index (χ2v) is 6.42. The number of nitrogens with zero attached hydrogens (tertiary/aromatic N) is 3. The third-order valence-corrected chi connectivity index (χ3v) is 4.94. The summed E-state index contributed by atoms with van der Waals surface area (Å²) >= 11 is 0. The fourth-order valence-electron chi connectivity index (χ4n) is 3.37. The van der Waals surface area contributed by atoms with Gasteiger partial charge in [-0.05, 0) is 28.6 Å². The molecule has 1 aromatic carbocycles. The molecule has 0 radical (unpaired) electrons. The monoisotopic (exact) mass is 335 g/mol. The van der Waals surface area contributed by atoms with Crippen LogP contribution in [0.1, 0.15) is 30.0 Å². The number of carbonyl (C=O) groups excluding carboxylic acids is 1. The Morgan fingerprint density at radius 3 is 2.79 bits per heavy atom. The van der Waals surface area contributed by atoms with Crippen LogP contribution in [-0.4, -0.2) is 43.2 Å². The summed E-state index contributed by atoms with van der Waals surface area (Å²) in [6.45, 7) is 2.15. The fourth-order valence-corrected chi connectivity index (χ4v) is 3.37. The topological polar surface area (TPSA) is 58.7 Å².